The third kappa shape index (κ3) is 2.77. The Morgan fingerprint density at radius 3 is 3.00 bits per heavy atom. The molecule has 0 saturated carbocycles. The van der Waals surface area contributed by atoms with Gasteiger partial charge in [0.1, 0.15) is 6.33 Å². The zero-order valence-electron chi connectivity index (χ0n) is 12.0. The Labute approximate surface area is 139 Å². The van der Waals surface area contributed by atoms with Gasteiger partial charge in [0, 0.05) is 16.5 Å². The minimum Gasteiger partial charge on any atom is -0.403 e. The van der Waals surface area contributed by atoms with Crippen LogP contribution in [0.5, 0.6) is 0 Å². The van der Waals surface area contributed by atoms with Crippen LogP contribution in [0.2, 0.25) is 0 Å². The predicted octanol–water partition coefficient (Wildman–Crippen LogP) is 2.03. The lowest BCUT2D eigenvalue weighted by atomic mass is 10.2. The van der Waals surface area contributed by atoms with Gasteiger partial charge in [-0.2, -0.15) is 11.3 Å². The molecule has 0 aliphatic heterocycles. The largest absolute Gasteiger partial charge is 0.403 e. The molecule has 0 aliphatic carbocycles. The number of hydrogen-bond acceptors (Lipinski definition) is 8. The van der Waals surface area contributed by atoms with Gasteiger partial charge in [0.05, 0.1) is 5.69 Å². The Hall–Kier alpha value is -3.40. The fourth-order valence-electron chi connectivity index (χ4n) is 2.02. The summed E-state index contributed by atoms with van der Waals surface area (Å²) in [6, 6.07) is 8.74. The van der Waals surface area contributed by atoms with Gasteiger partial charge in [-0.25, -0.2) is 4.68 Å². The van der Waals surface area contributed by atoms with E-state index in [1.54, 1.807) is 24.3 Å². The second kappa shape index (κ2) is 6.01. The van der Waals surface area contributed by atoms with Crippen LogP contribution < -0.4 is 5.32 Å². The summed E-state index contributed by atoms with van der Waals surface area (Å²) in [6.45, 7) is 0. The van der Waals surface area contributed by atoms with E-state index in [9.17, 15) is 4.79 Å². The number of rotatable bonds is 4. The van der Waals surface area contributed by atoms with Gasteiger partial charge in [-0.15, -0.1) is 10.2 Å². The monoisotopic (exact) mass is 339 g/mol. The van der Waals surface area contributed by atoms with Gasteiger partial charge in [-0.3, -0.25) is 10.1 Å². The van der Waals surface area contributed by atoms with Gasteiger partial charge in [0.2, 0.25) is 0 Å². The second-order valence-electron chi connectivity index (χ2n) is 4.68. The molecule has 0 radical (unpaired) electrons. The highest BCUT2D eigenvalue weighted by atomic mass is 32.1. The van der Waals surface area contributed by atoms with Gasteiger partial charge in [-0.1, -0.05) is 11.2 Å². The zero-order valence-corrected chi connectivity index (χ0v) is 12.8. The molecular formula is C14H9N7O2S. The molecule has 4 rings (SSSR count). The average Bonchev–Trinajstić information content (AvgIpc) is 3.36. The van der Waals surface area contributed by atoms with Crippen molar-refractivity contribution in [3.8, 4) is 17.1 Å². The van der Waals surface area contributed by atoms with Crippen molar-refractivity contribution >= 4 is 23.3 Å². The van der Waals surface area contributed by atoms with Crippen LogP contribution in [0.1, 0.15) is 10.4 Å². The fourth-order valence-corrected chi connectivity index (χ4v) is 2.64. The van der Waals surface area contributed by atoms with E-state index in [-0.39, 0.29) is 11.9 Å². The van der Waals surface area contributed by atoms with E-state index in [2.05, 4.69) is 31.0 Å². The van der Waals surface area contributed by atoms with Crippen LogP contribution in [0.25, 0.3) is 17.1 Å². The first kappa shape index (κ1) is 14.2. The summed E-state index contributed by atoms with van der Waals surface area (Å²) in [5.41, 5.74) is 1.89. The van der Waals surface area contributed by atoms with E-state index < -0.39 is 0 Å². The number of thiophene rings is 1. The van der Waals surface area contributed by atoms with E-state index in [1.165, 1.54) is 22.3 Å². The number of benzene rings is 1. The Morgan fingerprint density at radius 1 is 1.25 bits per heavy atom. The summed E-state index contributed by atoms with van der Waals surface area (Å²) in [7, 11) is 0. The molecule has 4 aromatic rings. The molecule has 9 nitrogen and oxygen atoms in total. The summed E-state index contributed by atoms with van der Waals surface area (Å²) in [6.07, 6.45) is 1.45. The van der Waals surface area contributed by atoms with Gasteiger partial charge in [0.15, 0.2) is 0 Å². The highest BCUT2D eigenvalue weighted by molar-refractivity contribution is 7.08. The molecule has 0 fully saturated rings. The van der Waals surface area contributed by atoms with E-state index in [4.69, 9.17) is 4.42 Å². The van der Waals surface area contributed by atoms with Crippen molar-refractivity contribution in [2.24, 2.45) is 0 Å². The SMILES string of the molecule is O=C(Nc1nnc(-c2ccsc2)o1)c1cccc(-n2cnnn2)c1. The summed E-state index contributed by atoms with van der Waals surface area (Å²) < 4.78 is 6.89. The summed E-state index contributed by atoms with van der Waals surface area (Å²) in [5, 5.41) is 25.0. The van der Waals surface area contributed by atoms with E-state index in [1.807, 2.05) is 16.8 Å². The normalized spacial score (nSPS) is 10.7. The van der Waals surface area contributed by atoms with Crippen molar-refractivity contribution in [3.05, 3.63) is 53.0 Å². The molecule has 10 heteroatoms. The Kier molecular flexibility index (Phi) is 3.56. The standard InChI is InChI=1S/C14H9N7O2S/c22-12(9-2-1-3-11(6-9)21-8-15-19-20-21)16-14-18-17-13(23-14)10-4-5-24-7-10/h1-8H,(H,16,18,22). The Morgan fingerprint density at radius 2 is 2.21 bits per heavy atom. The number of nitrogens with zero attached hydrogens (tertiary/aromatic N) is 6. The van der Waals surface area contributed by atoms with Gasteiger partial charge in [-0.05, 0) is 40.1 Å². The number of amides is 1. The van der Waals surface area contributed by atoms with Crippen molar-refractivity contribution in [2.45, 2.75) is 0 Å². The van der Waals surface area contributed by atoms with Crippen molar-refractivity contribution in [1.29, 1.82) is 0 Å². The second-order valence-corrected chi connectivity index (χ2v) is 5.46. The van der Waals surface area contributed by atoms with Gasteiger partial charge >= 0.3 is 6.01 Å². The number of tetrazole rings is 1. The summed E-state index contributed by atoms with van der Waals surface area (Å²) in [4.78, 5) is 12.3. The van der Waals surface area contributed by atoms with E-state index in [0.29, 0.717) is 17.1 Å². The van der Waals surface area contributed by atoms with Crippen LogP contribution in [0.15, 0.2) is 51.8 Å². The summed E-state index contributed by atoms with van der Waals surface area (Å²) in [5.74, 6) is -0.0144. The molecule has 118 valence electrons. The third-order valence-electron chi connectivity index (χ3n) is 3.14. The lowest BCUT2D eigenvalue weighted by molar-refractivity contribution is 0.102. The maximum Gasteiger partial charge on any atom is 0.322 e. The summed E-state index contributed by atoms with van der Waals surface area (Å²) >= 11 is 1.52. The maximum atomic E-state index is 12.3. The molecule has 1 aromatic carbocycles. The lowest BCUT2D eigenvalue weighted by Crippen LogP contribution is -2.12. The maximum absolute atomic E-state index is 12.3. The van der Waals surface area contributed by atoms with Crippen molar-refractivity contribution in [3.63, 3.8) is 0 Å². The molecule has 0 unspecified atom stereocenters. The van der Waals surface area contributed by atoms with E-state index in [0.717, 1.165) is 5.56 Å². The molecular weight excluding hydrogens is 330 g/mol. The van der Waals surface area contributed by atoms with Crippen LogP contribution in [0, 0.1) is 0 Å². The predicted molar refractivity (Wildman–Crippen MR) is 84.7 cm³/mol. The smallest absolute Gasteiger partial charge is 0.322 e. The molecule has 1 N–H and O–H groups in total. The highest BCUT2D eigenvalue weighted by Gasteiger charge is 2.13. The van der Waals surface area contributed by atoms with Crippen LogP contribution in [0.3, 0.4) is 0 Å². The van der Waals surface area contributed by atoms with Gasteiger partial charge < -0.3 is 4.42 Å². The minimum absolute atomic E-state index is 0.0361. The Balaban J connectivity index is 1.53. The topological polar surface area (TPSA) is 112 Å². The van der Waals surface area contributed by atoms with Crippen LogP contribution in [-0.2, 0) is 0 Å². The van der Waals surface area contributed by atoms with Crippen molar-refractivity contribution < 1.29 is 9.21 Å². The molecule has 3 heterocycles. The third-order valence-corrected chi connectivity index (χ3v) is 3.82. The molecule has 1 amide bonds. The van der Waals surface area contributed by atoms with Crippen LogP contribution >= 0.6 is 11.3 Å². The first-order chi connectivity index (χ1) is 11.8. The van der Waals surface area contributed by atoms with Crippen molar-refractivity contribution in [2.75, 3.05) is 5.32 Å². The minimum atomic E-state index is -0.370. The molecule has 0 spiro atoms. The Bertz CT molecular complexity index is 963. The molecule has 0 aliphatic rings. The molecule has 0 saturated heterocycles. The zero-order chi connectivity index (χ0) is 16.4. The number of carbonyl (C=O) groups excluding carboxylic acids is 1. The average molecular weight is 339 g/mol. The van der Waals surface area contributed by atoms with Crippen LogP contribution in [-0.4, -0.2) is 36.3 Å². The number of carbonyl (C=O) groups is 1. The first-order valence-electron chi connectivity index (χ1n) is 6.80. The van der Waals surface area contributed by atoms with Gasteiger partial charge in [0.25, 0.3) is 11.8 Å². The molecule has 0 bridgehead atoms. The number of anilines is 1. The highest BCUT2D eigenvalue weighted by Crippen LogP contribution is 2.22. The molecule has 24 heavy (non-hydrogen) atoms. The fraction of sp³-hybridized carbons (Fsp3) is 0. The van der Waals surface area contributed by atoms with Crippen LogP contribution in [0.4, 0.5) is 6.01 Å². The van der Waals surface area contributed by atoms with Crippen molar-refractivity contribution in [1.82, 2.24) is 30.4 Å². The number of hydrogen-bond donors (Lipinski definition) is 1. The quantitative estimate of drug-likeness (QED) is 0.605. The molecule has 0 atom stereocenters. The lowest BCUT2D eigenvalue weighted by Gasteiger charge is -2.03. The number of aromatic nitrogens is 6. The number of nitrogens with one attached hydrogen (secondary N) is 1. The first-order valence-corrected chi connectivity index (χ1v) is 7.75. The molecule has 3 aromatic heterocycles. The van der Waals surface area contributed by atoms with E-state index >= 15 is 0 Å².